The molecule has 2 saturated heterocycles. The van der Waals surface area contributed by atoms with Crippen LogP contribution >= 0.6 is 22.9 Å². The number of amides is 6. The third kappa shape index (κ3) is 10.4. The maximum Gasteiger partial charge on any atom is 0.267 e. The Hall–Kier alpha value is -6.44. The van der Waals surface area contributed by atoms with Crippen molar-refractivity contribution in [3.8, 4) is 5.75 Å². The van der Waals surface area contributed by atoms with E-state index in [4.69, 9.17) is 16.3 Å². The number of para-hydroxylation sites is 1. The van der Waals surface area contributed by atoms with E-state index in [1.54, 1.807) is 12.1 Å². The molecule has 1 atom stereocenters. The first-order valence-electron chi connectivity index (χ1n) is 20.1. The molecule has 324 valence electrons. The second kappa shape index (κ2) is 19.5. The molecule has 0 spiro atoms. The van der Waals surface area contributed by atoms with Crippen LogP contribution in [-0.4, -0.2) is 119 Å². The van der Waals surface area contributed by atoms with E-state index < -0.39 is 29.7 Å². The molecule has 6 amide bonds. The molecule has 0 aliphatic carbocycles. The van der Waals surface area contributed by atoms with Gasteiger partial charge in [-0.05, 0) is 63.3 Å². The number of fused-ring (bicyclic) bond motifs is 1. The van der Waals surface area contributed by atoms with Crippen LogP contribution in [0.15, 0.2) is 60.9 Å². The molecule has 5 heterocycles. The lowest BCUT2D eigenvalue weighted by molar-refractivity contribution is -0.125. The molecule has 2 aromatic heterocycles. The van der Waals surface area contributed by atoms with Gasteiger partial charge in [-0.15, -0.1) is 0 Å². The van der Waals surface area contributed by atoms with Gasteiger partial charge in [0.15, 0.2) is 11.7 Å². The predicted octanol–water partition coefficient (Wildman–Crippen LogP) is 3.80. The van der Waals surface area contributed by atoms with Gasteiger partial charge in [-0.3, -0.25) is 38.6 Å². The maximum atomic E-state index is 13.3. The summed E-state index contributed by atoms with van der Waals surface area (Å²) in [4.78, 5) is 96.2. The summed E-state index contributed by atoms with van der Waals surface area (Å²) >= 11 is 7.47. The molecule has 2 fully saturated rings. The number of allylic oxidation sites excluding steroid dienone is 1. The first-order valence-corrected chi connectivity index (χ1v) is 21.3. The van der Waals surface area contributed by atoms with Gasteiger partial charge in [0.25, 0.3) is 23.6 Å². The number of thiazole rings is 1. The number of aryl methyl sites for hydroxylation is 2. The summed E-state index contributed by atoms with van der Waals surface area (Å²) in [6.45, 7) is 10.7. The lowest BCUT2D eigenvalue weighted by atomic mass is 10.0. The summed E-state index contributed by atoms with van der Waals surface area (Å²) in [7, 11) is 0. The van der Waals surface area contributed by atoms with E-state index in [-0.39, 0.29) is 48.3 Å². The van der Waals surface area contributed by atoms with Gasteiger partial charge in [0, 0.05) is 51.0 Å². The van der Waals surface area contributed by atoms with Crippen LogP contribution in [0.25, 0.3) is 0 Å². The van der Waals surface area contributed by atoms with E-state index in [0.717, 1.165) is 16.3 Å². The lowest BCUT2D eigenvalue weighted by Gasteiger charge is -2.35. The molecule has 3 aliphatic heterocycles. The van der Waals surface area contributed by atoms with E-state index in [1.807, 2.05) is 32.0 Å². The first kappa shape index (κ1) is 43.6. The summed E-state index contributed by atoms with van der Waals surface area (Å²) in [5, 5.41) is 15.3. The Balaban J connectivity index is 0.781. The molecule has 7 rings (SSSR count). The number of unbranched alkanes of at least 4 members (excludes halogenated alkanes) is 1. The number of nitrogens with one attached hydrogen (secondary N) is 5. The number of piperidine rings is 1. The molecule has 3 aliphatic rings. The van der Waals surface area contributed by atoms with Crippen molar-refractivity contribution in [2.45, 2.75) is 45.6 Å². The number of nitrogens with zero attached hydrogens (tertiary/aromatic N) is 6. The molecule has 0 radical (unpaired) electrons. The van der Waals surface area contributed by atoms with Crippen molar-refractivity contribution in [3.63, 3.8) is 0 Å². The van der Waals surface area contributed by atoms with Crippen molar-refractivity contribution in [3.05, 3.63) is 93.4 Å². The van der Waals surface area contributed by atoms with Crippen molar-refractivity contribution in [2.75, 3.05) is 68.0 Å². The largest absolute Gasteiger partial charge is 0.483 e. The number of rotatable bonds is 16. The highest BCUT2D eigenvalue weighted by Crippen LogP contribution is 2.34. The SMILES string of the molecule is C=C1CCC(N2C(=O)c3cccc(OCC(=O)NCCCCNC(=O)CN4CCN(c5cc(Nc6ncc(C(=O)Nc7c(C)cccc7Cl)s6)nc(C)n5)CC4)c3C2=O)C(=O)N1. The van der Waals surface area contributed by atoms with E-state index in [0.29, 0.717) is 96.6 Å². The first-order chi connectivity index (χ1) is 29.8. The fourth-order valence-electron chi connectivity index (χ4n) is 7.27. The second-order valence-corrected chi connectivity index (χ2v) is 16.4. The van der Waals surface area contributed by atoms with Crippen LogP contribution in [0.1, 0.15) is 67.5 Å². The van der Waals surface area contributed by atoms with Crippen LogP contribution in [0.3, 0.4) is 0 Å². The fourth-order valence-corrected chi connectivity index (χ4v) is 8.26. The van der Waals surface area contributed by atoms with E-state index in [2.05, 4.69) is 57.9 Å². The standard InChI is InChI=1S/C42H46ClN11O7S/c1-24-8-6-10-28(43)37(24)51-39(58)31-21-46-42(62-31)50-32-20-33(49-26(3)48-32)53-18-16-52(17-19-53)22-34(55)44-14-4-5-15-45-35(56)23-61-30-11-7-9-27-36(30)41(60)54(40(27)59)29-13-12-25(2)47-38(29)57/h6-11,20-21,29H,2,4-5,12-19,22-23H2,1,3H3,(H,44,55)(H,45,56)(H,47,57)(H,51,58)(H,46,48,49,50). The summed E-state index contributed by atoms with van der Waals surface area (Å²) in [6, 6.07) is 10.9. The zero-order chi connectivity index (χ0) is 43.9. The average Bonchev–Trinajstić information content (AvgIpc) is 3.81. The smallest absolute Gasteiger partial charge is 0.267 e. The molecular weight excluding hydrogens is 838 g/mol. The van der Waals surface area contributed by atoms with Gasteiger partial charge in [-0.2, -0.15) is 0 Å². The number of ether oxygens (including phenoxy) is 1. The number of hydrogen-bond acceptors (Lipinski definition) is 14. The number of aromatic nitrogens is 3. The van der Waals surface area contributed by atoms with E-state index in [1.165, 1.54) is 29.7 Å². The average molecular weight is 884 g/mol. The molecule has 20 heteroatoms. The van der Waals surface area contributed by atoms with E-state index in [9.17, 15) is 28.8 Å². The Morgan fingerprint density at radius 3 is 2.45 bits per heavy atom. The van der Waals surface area contributed by atoms with Gasteiger partial charge in [-0.25, -0.2) is 15.0 Å². The fraction of sp³-hybridized carbons (Fsp3) is 0.357. The second-order valence-electron chi connectivity index (χ2n) is 15.0. The highest BCUT2D eigenvalue weighted by atomic mass is 35.5. The molecule has 0 bridgehead atoms. The molecule has 2 aromatic carbocycles. The normalized spacial score (nSPS) is 16.5. The third-order valence-electron chi connectivity index (χ3n) is 10.5. The molecule has 1 unspecified atom stereocenters. The third-order valence-corrected chi connectivity index (χ3v) is 11.7. The minimum Gasteiger partial charge on any atom is -0.483 e. The van der Waals surface area contributed by atoms with Crippen molar-refractivity contribution in [1.82, 2.24) is 40.7 Å². The summed E-state index contributed by atoms with van der Waals surface area (Å²) < 4.78 is 5.67. The van der Waals surface area contributed by atoms with Gasteiger partial charge in [0.1, 0.15) is 34.1 Å². The van der Waals surface area contributed by atoms with Crippen LogP contribution in [-0.2, 0) is 14.4 Å². The quantitative estimate of drug-likeness (QED) is 0.0800. The molecular formula is C42H46ClN11O7S. The van der Waals surface area contributed by atoms with Crippen molar-refractivity contribution in [1.29, 1.82) is 0 Å². The number of hydrogen-bond donors (Lipinski definition) is 5. The van der Waals surface area contributed by atoms with Crippen molar-refractivity contribution < 1.29 is 33.5 Å². The Labute approximate surface area is 366 Å². The van der Waals surface area contributed by atoms with Crippen LogP contribution in [0.4, 0.5) is 22.5 Å². The maximum absolute atomic E-state index is 13.3. The summed E-state index contributed by atoms with van der Waals surface area (Å²) in [6.07, 6.45) is 3.48. The number of halogens is 1. The highest BCUT2D eigenvalue weighted by Gasteiger charge is 2.45. The van der Waals surface area contributed by atoms with E-state index >= 15 is 0 Å². The molecule has 18 nitrogen and oxygen atoms in total. The van der Waals surface area contributed by atoms with Crippen LogP contribution < -0.4 is 36.2 Å². The number of imide groups is 1. The summed E-state index contributed by atoms with van der Waals surface area (Å²) in [5.74, 6) is -0.551. The predicted molar refractivity (Wildman–Crippen MR) is 233 cm³/mol. The number of piperazine rings is 1. The monoisotopic (exact) mass is 883 g/mol. The number of carbonyl (C=O) groups is 6. The van der Waals surface area contributed by atoms with Crippen LogP contribution in [0, 0.1) is 13.8 Å². The summed E-state index contributed by atoms with van der Waals surface area (Å²) in [5.41, 5.74) is 2.09. The lowest BCUT2D eigenvalue weighted by Crippen LogP contribution is -2.51. The molecule has 0 saturated carbocycles. The zero-order valence-corrected chi connectivity index (χ0v) is 35.8. The van der Waals surface area contributed by atoms with Gasteiger partial charge >= 0.3 is 0 Å². The topological polar surface area (TPSA) is 220 Å². The Kier molecular flexibility index (Phi) is 13.7. The Morgan fingerprint density at radius 1 is 0.968 bits per heavy atom. The van der Waals surface area contributed by atoms with Crippen LogP contribution in [0.2, 0.25) is 5.02 Å². The minimum absolute atomic E-state index is 0.0291. The minimum atomic E-state index is -0.952. The number of benzene rings is 2. The van der Waals surface area contributed by atoms with Gasteiger partial charge in [-0.1, -0.05) is 47.7 Å². The van der Waals surface area contributed by atoms with Gasteiger partial charge in [0.05, 0.1) is 34.6 Å². The Bertz CT molecular complexity index is 2400. The molecule has 62 heavy (non-hydrogen) atoms. The van der Waals surface area contributed by atoms with Gasteiger partial charge < -0.3 is 36.2 Å². The zero-order valence-electron chi connectivity index (χ0n) is 34.2. The molecule has 4 aromatic rings. The highest BCUT2D eigenvalue weighted by molar-refractivity contribution is 7.17. The molecule has 5 N–H and O–H groups in total. The number of anilines is 4. The van der Waals surface area contributed by atoms with Crippen molar-refractivity contribution in [2.24, 2.45) is 0 Å². The Morgan fingerprint density at radius 2 is 1.71 bits per heavy atom. The number of carbonyl (C=O) groups excluding carboxylic acids is 6. The van der Waals surface area contributed by atoms with Crippen molar-refractivity contribution >= 4 is 80.8 Å². The van der Waals surface area contributed by atoms with Crippen LogP contribution in [0.5, 0.6) is 5.75 Å². The van der Waals surface area contributed by atoms with Gasteiger partial charge in [0.2, 0.25) is 11.8 Å².